The number of aryl methyl sites for hydroxylation is 1. The van der Waals surface area contributed by atoms with Gasteiger partial charge in [-0.05, 0) is 41.6 Å². The Bertz CT molecular complexity index is 600. The first-order valence-corrected chi connectivity index (χ1v) is 7.61. The molecule has 0 spiro atoms. The van der Waals surface area contributed by atoms with E-state index >= 15 is 0 Å². The molecule has 0 saturated carbocycles. The molecule has 1 N–H and O–H groups in total. The van der Waals surface area contributed by atoms with Crippen molar-refractivity contribution in [2.45, 2.75) is 13.3 Å². The smallest absolute Gasteiger partial charge is 0.282 e. The molecule has 0 bridgehead atoms. The molecule has 2 aromatic rings. The zero-order valence-corrected chi connectivity index (χ0v) is 13.2. The Balaban J connectivity index is 1.93. The number of halogens is 1. The molecular formula is C12H12IN3O2S. The van der Waals surface area contributed by atoms with Gasteiger partial charge in [0.1, 0.15) is 0 Å². The molecule has 0 saturated heterocycles. The maximum Gasteiger partial charge on any atom is 0.282 e. The van der Waals surface area contributed by atoms with E-state index in [1.54, 1.807) is 23.5 Å². The highest BCUT2D eigenvalue weighted by Crippen LogP contribution is 2.24. The fourth-order valence-electron chi connectivity index (χ4n) is 1.62. The molecular weight excluding hydrogens is 377 g/mol. The summed E-state index contributed by atoms with van der Waals surface area (Å²) in [6.07, 6.45) is 0.845. The van der Waals surface area contributed by atoms with Gasteiger partial charge in [0.05, 0.1) is 19.2 Å². The highest BCUT2D eigenvalue weighted by Gasteiger charge is 2.11. The fourth-order valence-corrected chi connectivity index (χ4v) is 2.98. The van der Waals surface area contributed by atoms with Gasteiger partial charge in [-0.25, -0.2) is 4.98 Å². The standard InChI is InChI=1S/C12H12IN3O2S/c1-8-15-10(7-19-8)4-5-14-9-2-3-12(16(17)18)11(13)6-9/h2-3,6-7,14H,4-5H2,1H3. The van der Waals surface area contributed by atoms with Gasteiger partial charge in [0.2, 0.25) is 0 Å². The van der Waals surface area contributed by atoms with E-state index in [-0.39, 0.29) is 10.6 Å². The number of anilines is 1. The van der Waals surface area contributed by atoms with Gasteiger partial charge in [0.25, 0.3) is 5.69 Å². The van der Waals surface area contributed by atoms with Crippen LogP contribution >= 0.6 is 33.9 Å². The molecule has 0 atom stereocenters. The summed E-state index contributed by atoms with van der Waals surface area (Å²) in [4.78, 5) is 14.7. The van der Waals surface area contributed by atoms with E-state index in [0.717, 1.165) is 29.4 Å². The minimum Gasteiger partial charge on any atom is -0.385 e. The zero-order chi connectivity index (χ0) is 13.8. The van der Waals surface area contributed by atoms with Crippen LogP contribution in [-0.2, 0) is 6.42 Å². The highest BCUT2D eigenvalue weighted by atomic mass is 127. The van der Waals surface area contributed by atoms with Crippen molar-refractivity contribution in [1.82, 2.24) is 4.98 Å². The predicted octanol–water partition coefficient (Wildman–Crippen LogP) is 3.62. The van der Waals surface area contributed by atoms with Crippen LogP contribution in [0.15, 0.2) is 23.6 Å². The Kier molecular flexibility index (Phi) is 4.70. The maximum absolute atomic E-state index is 10.7. The van der Waals surface area contributed by atoms with Crippen LogP contribution < -0.4 is 5.32 Å². The molecule has 1 heterocycles. The van der Waals surface area contributed by atoms with Crippen molar-refractivity contribution >= 4 is 45.3 Å². The van der Waals surface area contributed by atoms with E-state index in [0.29, 0.717) is 3.57 Å². The fraction of sp³-hybridized carbons (Fsp3) is 0.250. The predicted molar refractivity (Wildman–Crippen MR) is 84.9 cm³/mol. The van der Waals surface area contributed by atoms with Gasteiger partial charge in [-0.2, -0.15) is 0 Å². The molecule has 2 rings (SSSR count). The molecule has 1 aromatic carbocycles. The van der Waals surface area contributed by atoms with E-state index < -0.39 is 0 Å². The molecule has 0 fully saturated rings. The summed E-state index contributed by atoms with van der Waals surface area (Å²) in [6, 6.07) is 5.04. The van der Waals surface area contributed by atoms with Crippen LogP contribution in [0.5, 0.6) is 0 Å². The number of aromatic nitrogens is 1. The molecule has 0 aliphatic rings. The van der Waals surface area contributed by atoms with E-state index in [4.69, 9.17) is 0 Å². The SMILES string of the molecule is Cc1nc(CCNc2ccc([N+](=O)[O-])c(I)c2)cs1. The number of nitrogens with one attached hydrogen (secondary N) is 1. The van der Waals surface area contributed by atoms with Crippen LogP contribution in [0.1, 0.15) is 10.7 Å². The number of nitrogens with zero attached hydrogens (tertiary/aromatic N) is 2. The summed E-state index contributed by atoms with van der Waals surface area (Å²) in [5.41, 5.74) is 2.11. The van der Waals surface area contributed by atoms with Crippen molar-refractivity contribution < 1.29 is 4.92 Å². The largest absolute Gasteiger partial charge is 0.385 e. The van der Waals surface area contributed by atoms with E-state index in [2.05, 4.69) is 15.7 Å². The Morgan fingerprint density at radius 1 is 1.53 bits per heavy atom. The van der Waals surface area contributed by atoms with Crippen molar-refractivity contribution in [1.29, 1.82) is 0 Å². The Morgan fingerprint density at radius 3 is 2.89 bits per heavy atom. The first kappa shape index (κ1) is 14.2. The Labute approximate surface area is 128 Å². The lowest BCUT2D eigenvalue weighted by Crippen LogP contribution is -2.05. The van der Waals surface area contributed by atoms with E-state index in [1.807, 2.05) is 29.5 Å². The highest BCUT2D eigenvalue weighted by molar-refractivity contribution is 14.1. The topological polar surface area (TPSA) is 68.1 Å². The van der Waals surface area contributed by atoms with Gasteiger partial charge >= 0.3 is 0 Å². The van der Waals surface area contributed by atoms with E-state index in [9.17, 15) is 10.1 Å². The average Bonchev–Trinajstić information content (AvgIpc) is 2.75. The lowest BCUT2D eigenvalue weighted by Gasteiger charge is -2.05. The average molecular weight is 389 g/mol. The second kappa shape index (κ2) is 6.29. The first-order valence-electron chi connectivity index (χ1n) is 5.65. The maximum atomic E-state index is 10.7. The third-order valence-electron chi connectivity index (χ3n) is 2.52. The minimum absolute atomic E-state index is 0.140. The van der Waals surface area contributed by atoms with Crippen LogP contribution in [0.2, 0.25) is 0 Å². The number of rotatable bonds is 5. The summed E-state index contributed by atoms with van der Waals surface area (Å²) in [6.45, 7) is 2.75. The Morgan fingerprint density at radius 2 is 2.32 bits per heavy atom. The summed E-state index contributed by atoms with van der Waals surface area (Å²) in [5.74, 6) is 0. The van der Waals surface area contributed by atoms with Crippen LogP contribution in [0.3, 0.4) is 0 Å². The van der Waals surface area contributed by atoms with Gasteiger partial charge < -0.3 is 5.32 Å². The number of nitro groups is 1. The monoisotopic (exact) mass is 389 g/mol. The Hall–Kier alpha value is -1.22. The minimum atomic E-state index is -0.371. The molecule has 100 valence electrons. The van der Waals surface area contributed by atoms with Crippen LogP contribution in [0.25, 0.3) is 0 Å². The van der Waals surface area contributed by atoms with Gasteiger partial charge in [-0.3, -0.25) is 10.1 Å². The lowest BCUT2D eigenvalue weighted by atomic mass is 10.2. The molecule has 7 heteroatoms. The number of benzene rings is 1. The molecule has 0 radical (unpaired) electrons. The summed E-state index contributed by atoms with van der Waals surface area (Å²) in [5, 5.41) is 17.1. The molecule has 0 amide bonds. The van der Waals surface area contributed by atoms with Gasteiger partial charge in [0, 0.05) is 30.1 Å². The van der Waals surface area contributed by atoms with Crippen molar-refractivity contribution in [2.24, 2.45) is 0 Å². The third-order valence-corrected chi connectivity index (χ3v) is 4.21. The van der Waals surface area contributed by atoms with Crippen LogP contribution in [-0.4, -0.2) is 16.5 Å². The zero-order valence-electron chi connectivity index (χ0n) is 10.2. The normalized spacial score (nSPS) is 10.4. The lowest BCUT2D eigenvalue weighted by molar-refractivity contribution is -0.385. The van der Waals surface area contributed by atoms with Gasteiger partial charge in [0.15, 0.2) is 0 Å². The second-order valence-corrected chi connectivity index (χ2v) is 6.18. The number of hydrogen-bond donors (Lipinski definition) is 1. The molecule has 0 unspecified atom stereocenters. The first-order chi connectivity index (χ1) is 9.06. The third kappa shape index (κ3) is 3.87. The molecule has 19 heavy (non-hydrogen) atoms. The molecule has 0 aliphatic carbocycles. The van der Waals surface area contributed by atoms with Gasteiger partial charge in [-0.15, -0.1) is 11.3 Å². The van der Waals surface area contributed by atoms with Crippen molar-refractivity contribution in [3.63, 3.8) is 0 Å². The van der Waals surface area contributed by atoms with E-state index in [1.165, 1.54) is 6.07 Å². The summed E-state index contributed by atoms with van der Waals surface area (Å²) >= 11 is 3.62. The number of thiazole rings is 1. The number of nitro benzene ring substituents is 1. The summed E-state index contributed by atoms with van der Waals surface area (Å²) < 4.78 is 0.636. The quantitative estimate of drug-likeness (QED) is 0.482. The van der Waals surface area contributed by atoms with Crippen LogP contribution in [0.4, 0.5) is 11.4 Å². The number of hydrogen-bond acceptors (Lipinski definition) is 5. The molecule has 1 aromatic heterocycles. The second-order valence-electron chi connectivity index (χ2n) is 3.96. The van der Waals surface area contributed by atoms with Crippen molar-refractivity contribution in [3.8, 4) is 0 Å². The van der Waals surface area contributed by atoms with Gasteiger partial charge in [-0.1, -0.05) is 0 Å². The summed E-state index contributed by atoms with van der Waals surface area (Å²) in [7, 11) is 0. The molecule has 5 nitrogen and oxygen atoms in total. The van der Waals surface area contributed by atoms with Crippen molar-refractivity contribution in [3.05, 3.63) is 48.0 Å². The molecule has 0 aliphatic heterocycles. The van der Waals surface area contributed by atoms with Crippen LogP contribution in [0, 0.1) is 20.6 Å². The van der Waals surface area contributed by atoms with Crippen molar-refractivity contribution in [2.75, 3.05) is 11.9 Å².